The maximum Gasteiger partial charge on any atom is 0.163 e. The van der Waals surface area contributed by atoms with Gasteiger partial charge in [-0.2, -0.15) is 0 Å². The second-order valence-electron chi connectivity index (χ2n) is 7.18. The minimum absolute atomic E-state index is 0.682. The Bertz CT molecular complexity index is 869. The van der Waals surface area contributed by atoms with Gasteiger partial charge >= 0.3 is 0 Å². The van der Waals surface area contributed by atoms with E-state index in [0.717, 1.165) is 54.2 Å². The summed E-state index contributed by atoms with van der Waals surface area (Å²) in [7, 11) is 0. The Morgan fingerprint density at radius 1 is 0.667 bits per heavy atom. The van der Waals surface area contributed by atoms with Gasteiger partial charge in [-0.15, -0.1) is 0 Å². The van der Waals surface area contributed by atoms with E-state index in [9.17, 15) is 0 Å². The summed E-state index contributed by atoms with van der Waals surface area (Å²) in [4.78, 5) is 0. The molecule has 30 heavy (non-hydrogen) atoms. The van der Waals surface area contributed by atoms with Crippen molar-refractivity contribution in [3.8, 4) is 11.5 Å². The summed E-state index contributed by atoms with van der Waals surface area (Å²) < 4.78 is 12.1. The van der Waals surface area contributed by atoms with E-state index in [0.29, 0.717) is 13.2 Å². The van der Waals surface area contributed by atoms with E-state index in [1.807, 2.05) is 42.5 Å². The summed E-state index contributed by atoms with van der Waals surface area (Å²) in [5, 5.41) is 2.07. The number of rotatable bonds is 12. The number of unbranched alkanes of at least 4 members (excludes halogenated alkanes) is 2. The van der Waals surface area contributed by atoms with Crippen LogP contribution in [0.2, 0.25) is 0 Å². The lowest BCUT2D eigenvalue weighted by molar-refractivity contribution is 0.262. The van der Waals surface area contributed by atoms with Crippen LogP contribution in [0.25, 0.3) is 0 Å². The van der Waals surface area contributed by atoms with Gasteiger partial charge in [-0.25, -0.2) is 0 Å². The molecule has 0 unspecified atom stereocenters. The molecule has 0 aliphatic carbocycles. The molecule has 0 saturated heterocycles. The second kappa shape index (κ2) is 11.8. The topological polar surface area (TPSA) is 33.7 Å². The number of para-hydroxylation sites is 2. The van der Waals surface area contributed by atoms with E-state index < -0.39 is 0 Å². The largest absolute Gasteiger partial charge is 0.490 e. The van der Waals surface area contributed by atoms with E-state index >= 15 is 0 Å². The third kappa shape index (κ3) is 6.18. The lowest BCUT2D eigenvalue weighted by atomic mass is 10.2. The molecule has 3 aromatic rings. The zero-order valence-corrected chi connectivity index (χ0v) is 18.0. The van der Waals surface area contributed by atoms with E-state index in [1.54, 1.807) is 0 Å². The number of hydrogen-bond donors (Lipinski definition) is 1. The predicted octanol–water partition coefficient (Wildman–Crippen LogP) is 7.21. The van der Waals surface area contributed by atoms with E-state index in [2.05, 4.69) is 60.7 Å². The molecule has 0 saturated carbocycles. The van der Waals surface area contributed by atoms with Gasteiger partial charge in [0.05, 0.1) is 30.3 Å². The van der Waals surface area contributed by atoms with Crippen molar-refractivity contribution in [2.24, 2.45) is 0 Å². The molecule has 0 radical (unpaired) electrons. The first-order valence-corrected chi connectivity index (χ1v) is 10.9. The highest BCUT2D eigenvalue weighted by Gasteiger charge is 2.14. The molecule has 0 aromatic heterocycles. The summed E-state index contributed by atoms with van der Waals surface area (Å²) in [6.07, 6.45) is 4.25. The lowest BCUT2D eigenvalue weighted by Gasteiger charge is -2.27. The molecule has 0 bridgehead atoms. The van der Waals surface area contributed by atoms with Gasteiger partial charge in [-0.3, -0.25) is 10.4 Å². The molecule has 0 fully saturated rings. The van der Waals surface area contributed by atoms with Gasteiger partial charge in [0.2, 0.25) is 0 Å². The minimum Gasteiger partial charge on any atom is -0.490 e. The van der Waals surface area contributed by atoms with Crippen molar-refractivity contribution in [1.29, 1.82) is 0 Å². The summed E-state index contributed by atoms with van der Waals surface area (Å²) in [5.74, 6) is 1.59. The lowest BCUT2D eigenvalue weighted by Crippen LogP contribution is -2.24. The van der Waals surface area contributed by atoms with Crippen molar-refractivity contribution in [3.05, 3.63) is 78.9 Å². The van der Waals surface area contributed by atoms with Crippen LogP contribution in [0.1, 0.15) is 39.5 Å². The van der Waals surface area contributed by atoms with Gasteiger partial charge in [0, 0.05) is 6.07 Å². The third-order valence-corrected chi connectivity index (χ3v) is 4.73. The van der Waals surface area contributed by atoms with Crippen LogP contribution in [0.5, 0.6) is 11.5 Å². The van der Waals surface area contributed by atoms with Crippen LogP contribution in [0.4, 0.5) is 17.1 Å². The standard InChI is InChI=1S/C26H32N2O2/c1-3-5-19-29-25-18-17-24(21-26(25)30-20-6-4-2)28(23-15-11-8-12-16-23)27-22-13-9-7-10-14-22/h7-18,21,27H,3-6,19-20H2,1-2H3. The molecule has 1 N–H and O–H groups in total. The van der Waals surface area contributed by atoms with Gasteiger partial charge in [0.1, 0.15) is 0 Å². The molecule has 158 valence electrons. The quantitative estimate of drug-likeness (QED) is 0.255. The summed E-state index contributed by atoms with van der Waals surface area (Å²) in [5.41, 5.74) is 6.55. The number of ether oxygens (including phenoxy) is 2. The monoisotopic (exact) mass is 404 g/mol. The predicted molar refractivity (Wildman–Crippen MR) is 126 cm³/mol. The Labute approximate surface area is 180 Å². The smallest absolute Gasteiger partial charge is 0.163 e. The highest BCUT2D eigenvalue weighted by molar-refractivity contribution is 5.70. The molecular formula is C26H32N2O2. The third-order valence-electron chi connectivity index (χ3n) is 4.73. The molecular weight excluding hydrogens is 372 g/mol. The fraction of sp³-hybridized carbons (Fsp3) is 0.308. The van der Waals surface area contributed by atoms with Crippen LogP contribution in [0, 0.1) is 0 Å². The highest BCUT2D eigenvalue weighted by atomic mass is 16.5. The Hall–Kier alpha value is -3.14. The average Bonchev–Trinajstić information content (AvgIpc) is 2.80. The van der Waals surface area contributed by atoms with E-state index in [-0.39, 0.29) is 0 Å². The maximum absolute atomic E-state index is 6.11. The highest BCUT2D eigenvalue weighted by Crippen LogP contribution is 2.35. The van der Waals surface area contributed by atoms with Gasteiger partial charge in [0.25, 0.3) is 0 Å². The fourth-order valence-corrected chi connectivity index (χ4v) is 3.02. The average molecular weight is 405 g/mol. The van der Waals surface area contributed by atoms with E-state index in [4.69, 9.17) is 9.47 Å². The zero-order valence-electron chi connectivity index (χ0n) is 18.0. The molecule has 4 heteroatoms. The molecule has 0 aliphatic rings. The van der Waals surface area contributed by atoms with Crippen LogP contribution in [-0.2, 0) is 0 Å². The number of nitrogens with zero attached hydrogens (tertiary/aromatic N) is 1. The Balaban J connectivity index is 1.91. The SMILES string of the molecule is CCCCOc1ccc(N(Nc2ccccc2)c2ccccc2)cc1OCCCC. The zero-order chi connectivity index (χ0) is 21.0. The van der Waals surface area contributed by atoms with Gasteiger partial charge < -0.3 is 9.47 Å². The number of hydrogen-bond acceptors (Lipinski definition) is 4. The van der Waals surface area contributed by atoms with Crippen molar-refractivity contribution in [3.63, 3.8) is 0 Å². The molecule has 0 atom stereocenters. The van der Waals surface area contributed by atoms with Gasteiger partial charge in [-0.05, 0) is 49.2 Å². The molecule has 3 aromatic carbocycles. The Morgan fingerprint density at radius 3 is 1.90 bits per heavy atom. The first-order valence-electron chi connectivity index (χ1n) is 10.9. The van der Waals surface area contributed by atoms with Crippen molar-refractivity contribution in [2.45, 2.75) is 39.5 Å². The van der Waals surface area contributed by atoms with Gasteiger partial charge in [0.15, 0.2) is 11.5 Å². The molecule has 4 nitrogen and oxygen atoms in total. The van der Waals surface area contributed by atoms with Gasteiger partial charge in [-0.1, -0.05) is 63.1 Å². The first-order chi connectivity index (χ1) is 14.8. The van der Waals surface area contributed by atoms with Crippen LogP contribution < -0.4 is 19.9 Å². The van der Waals surface area contributed by atoms with Crippen molar-refractivity contribution in [2.75, 3.05) is 23.6 Å². The minimum atomic E-state index is 0.682. The Morgan fingerprint density at radius 2 is 1.27 bits per heavy atom. The molecule has 0 aliphatic heterocycles. The molecule has 0 heterocycles. The number of anilines is 3. The molecule has 0 spiro atoms. The first kappa shape index (κ1) is 21.6. The molecule has 0 amide bonds. The number of benzene rings is 3. The molecule has 3 rings (SSSR count). The summed E-state index contributed by atoms with van der Waals surface area (Å²) in [6.45, 7) is 5.71. The fourth-order valence-electron chi connectivity index (χ4n) is 3.02. The Kier molecular flexibility index (Phi) is 8.46. The summed E-state index contributed by atoms with van der Waals surface area (Å²) >= 11 is 0. The van der Waals surface area contributed by atoms with Crippen LogP contribution in [0.3, 0.4) is 0 Å². The van der Waals surface area contributed by atoms with Crippen LogP contribution in [-0.4, -0.2) is 13.2 Å². The maximum atomic E-state index is 6.11. The number of hydrazine groups is 1. The van der Waals surface area contributed by atoms with Crippen LogP contribution >= 0.6 is 0 Å². The summed E-state index contributed by atoms with van der Waals surface area (Å²) in [6, 6.07) is 26.6. The normalized spacial score (nSPS) is 10.5. The number of nitrogens with one attached hydrogen (secondary N) is 1. The van der Waals surface area contributed by atoms with Crippen molar-refractivity contribution >= 4 is 17.1 Å². The van der Waals surface area contributed by atoms with E-state index in [1.165, 1.54) is 0 Å². The van der Waals surface area contributed by atoms with Crippen LogP contribution in [0.15, 0.2) is 78.9 Å². The second-order valence-corrected chi connectivity index (χ2v) is 7.18. The van der Waals surface area contributed by atoms with Crippen molar-refractivity contribution < 1.29 is 9.47 Å². The van der Waals surface area contributed by atoms with Crippen molar-refractivity contribution in [1.82, 2.24) is 0 Å².